The Hall–Kier alpha value is -1.96. The molecule has 2 atom stereocenters. The number of aryl methyl sites for hydroxylation is 1. The molecule has 2 rings (SSSR count). The number of carboxylic acids is 1. The zero-order chi connectivity index (χ0) is 14.0. The largest absolute Gasteiger partial charge is 0.480 e. The first-order valence-electron chi connectivity index (χ1n) is 6.16. The molecule has 1 aliphatic heterocycles. The summed E-state index contributed by atoms with van der Waals surface area (Å²) in [5.74, 6) is -1.15. The molecule has 19 heavy (non-hydrogen) atoms. The molecule has 1 fully saturated rings. The molecule has 0 bridgehead atoms. The molecule has 1 saturated heterocycles. The number of aliphatic hydroxyl groups excluding tert-OH is 1. The Morgan fingerprint density at radius 3 is 2.89 bits per heavy atom. The Kier molecular flexibility index (Phi) is 3.79. The topological polar surface area (TPSA) is 119 Å². The second-order valence-corrected chi connectivity index (χ2v) is 4.56. The number of aliphatic hydroxyl groups is 1. The van der Waals surface area contributed by atoms with Gasteiger partial charge in [-0.25, -0.2) is 9.78 Å². The van der Waals surface area contributed by atoms with Gasteiger partial charge in [0.1, 0.15) is 11.9 Å². The standard InChI is InChI=1S/C11H16N4O4/c1-2-3-8-12-9(14-13-8)10(17)15-5-6(16)4-7(15)11(18)19/h6-7,16H,2-5H2,1H3,(H,18,19)(H,12,13,14)/t6-,7-/m0/s1. The average molecular weight is 268 g/mol. The van der Waals surface area contributed by atoms with Crippen molar-refractivity contribution >= 4 is 11.9 Å². The third-order valence-corrected chi connectivity index (χ3v) is 3.03. The second kappa shape index (κ2) is 5.35. The van der Waals surface area contributed by atoms with Crippen LogP contribution in [-0.4, -0.2) is 60.9 Å². The molecule has 1 amide bonds. The van der Waals surface area contributed by atoms with E-state index >= 15 is 0 Å². The molecule has 0 aliphatic carbocycles. The lowest BCUT2D eigenvalue weighted by Crippen LogP contribution is -2.41. The lowest BCUT2D eigenvalue weighted by atomic mass is 10.2. The smallest absolute Gasteiger partial charge is 0.326 e. The maximum atomic E-state index is 12.1. The van der Waals surface area contributed by atoms with Crippen LogP contribution in [0.5, 0.6) is 0 Å². The van der Waals surface area contributed by atoms with E-state index in [9.17, 15) is 14.7 Å². The summed E-state index contributed by atoms with van der Waals surface area (Å²) >= 11 is 0. The first kappa shape index (κ1) is 13.5. The third kappa shape index (κ3) is 2.73. The van der Waals surface area contributed by atoms with Gasteiger partial charge in [0, 0.05) is 19.4 Å². The summed E-state index contributed by atoms with van der Waals surface area (Å²) in [4.78, 5) is 28.3. The SMILES string of the molecule is CCCc1nc(C(=O)N2C[C@@H](O)C[C@H]2C(=O)O)n[nH]1. The number of hydrogen-bond donors (Lipinski definition) is 3. The number of H-pyrrole nitrogens is 1. The highest BCUT2D eigenvalue weighted by molar-refractivity contribution is 5.94. The maximum absolute atomic E-state index is 12.1. The van der Waals surface area contributed by atoms with E-state index < -0.39 is 24.0 Å². The molecule has 8 heteroatoms. The van der Waals surface area contributed by atoms with E-state index in [-0.39, 0.29) is 18.8 Å². The molecule has 2 heterocycles. The Bertz CT molecular complexity index is 487. The van der Waals surface area contributed by atoms with Crippen LogP contribution in [0.1, 0.15) is 36.2 Å². The Labute approximate surface area is 109 Å². The first-order chi connectivity index (χ1) is 9.02. The van der Waals surface area contributed by atoms with Gasteiger partial charge < -0.3 is 15.1 Å². The fourth-order valence-corrected chi connectivity index (χ4v) is 2.14. The molecule has 1 aliphatic rings. The van der Waals surface area contributed by atoms with E-state index in [1.165, 1.54) is 0 Å². The van der Waals surface area contributed by atoms with Gasteiger partial charge in [0.2, 0.25) is 5.82 Å². The molecule has 1 aromatic heterocycles. The Morgan fingerprint density at radius 1 is 1.53 bits per heavy atom. The minimum Gasteiger partial charge on any atom is -0.480 e. The number of amides is 1. The van der Waals surface area contributed by atoms with Crippen molar-refractivity contribution < 1.29 is 19.8 Å². The van der Waals surface area contributed by atoms with Crippen LogP contribution in [0.4, 0.5) is 0 Å². The number of nitrogens with zero attached hydrogens (tertiary/aromatic N) is 3. The van der Waals surface area contributed by atoms with E-state index in [1.54, 1.807) is 0 Å². The number of likely N-dealkylation sites (tertiary alicyclic amines) is 1. The predicted octanol–water partition coefficient (Wildman–Crippen LogP) is -0.583. The number of β-amino-alcohol motifs (C(OH)–C–C–N with tert-alkyl or cyclic N) is 1. The van der Waals surface area contributed by atoms with Gasteiger partial charge in [-0.1, -0.05) is 6.92 Å². The van der Waals surface area contributed by atoms with Crippen molar-refractivity contribution in [1.82, 2.24) is 20.1 Å². The van der Waals surface area contributed by atoms with Crippen molar-refractivity contribution in [2.45, 2.75) is 38.3 Å². The zero-order valence-electron chi connectivity index (χ0n) is 10.5. The van der Waals surface area contributed by atoms with Gasteiger partial charge in [0.25, 0.3) is 5.91 Å². The summed E-state index contributed by atoms with van der Waals surface area (Å²) in [6, 6.07) is -1.02. The van der Waals surface area contributed by atoms with Crippen LogP contribution < -0.4 is 0 Å². The number of aliphatic carboxylic acids is 1. The summed E-state index contributed by atoms with van der Waals surface area (Å²) in [6.45, 7) is 1.97. The van der Waals surface area contributed by atoms with E-state index in [4.69, 9.17) is 5.11 Å². The number of aromatic amines is 1. The van der Waals surface area contributed by atoms with Crippen LogP contribution in [0, 0.1) is 0 Å². The number of carbonyl (C=O) groups excluding carboxylic acids is 1. The summed E-state index contributed by atoms with van der Waals surface area (Å²) in [5, 5.41) is 25.0. The minimum atomic E-state index is -1.13. The number of rotatable bonds is 4. The van der Waals surface area contributed by atoms with Crippen LogP contribution in [0.15, 0.2) is 0 Å². The number of aromatic nitrogens is 3. The highest BCUT2D eigenvalue weighted by Gasteiger charge is 2.40. The number of carboxylic acid groups (broad SMARTS) is 1. The van der Waals surface area contributed by atoms with Crippen LogP contribution >= 0.6 is 0 Å². The molecule has 3 N–H and O–H groups in total. The van der Waals surface area contributed by atoms with Gasteiger partial charge in [0.05, 0.1) is 6.10 Å². The lowest BCUT2D eigenvalue weighted by Gasteiger charge is -2.19. The zero-order valence-corrected chi connectivity index (χ0v) is 10.5. The van der Waals surface area contributed by atoms with Crippen LogP contribution in [-0.2, 0) is 11.2 Å². The van der Waals surface area contributed by atoms with Gasteiger partial charge in [-0.3, -0.25) is 9.89 Å². The van der Waals surface area contributed by atoms with Crippen molar-refractivity contribution in [2.75, 3.05) is 6.54 Å². The van der Waals surface area contributed by atoms with Crippen LogP contribution in [0.3, 0.4) is 0 Å². The Balaban J connectivity index is 2.15. The summed E-state index contributed by atoms with van der Waals surface area (Å²) in [5.41, 5.74) is 0. The molecule has 8 nitrogen and oxygen atoms in total. The molecule has 0 spiro atoms. The van der Waals surface area contributed by atoms with Crippen molar-refractivity contribution in [2.24, 2.45) is 0 Å². The normalized spacial score (nSPS) is 22.7. The highest BCUT2D eigenvalue weighted by atomic mass is 16.4. The third-order valence-electron chi connectivity index (χ3n) is 3.03. The van der Waals surface area contributed by atoms with Gasteiger partial charge in [-0.2, -0.15) is 0 Å². The Morgan fingerprint density at radius 2 is 2.26 bits per heavy atom. The number of hydrogen-bond acceptors (Lipinski definition) is 5. The molecule has 0 radical (unpaired) electrons. The van der Waals surface area contributed by atoms with Crippen LogP contribution in [0.25, 0.3) is 0 Å². The highest BCUT2D eigenvalue weighted by Crippen LogP contribution is 2.19. The predicted molar refractivity (Wildman–Crippen MR) is 63.5 cm³/mol. The molecule has 104 valence electrons. The van der Waals surface area contributed by atoms with Gasteiger partial charge in [0.15, 0.2) is 0 Å². The van der Waals surface area contributed by atoms with E-state index in [0.29, 0.717) is 12.2 Å². The van der Waals surface area contributed by atoms with E-state index in [0.717, 1.165) is 11.3 Å². The maximum Gasteiger partial charge on any atom is 0.326 e. The first-order valence-corrected chi connectivity index (χ1v) is 6.16. The second-order valence-electron chi connectivity index (χ2n) is 4.56. The number of carbonyl (C=O) groups is 2. The van der Waals surface area contributed by atoms with Crippen molar-refractivity contribution in [3.8, 4) is 0 Å². The van der Waals surface area contributed by atoms with Gasteiger partial charge in [-0.15, -0.1) is 5.10 Å². The van der Waals surface area contributed by atoms with Gasteiger partial charge in [-0.05, 0) is 6.42 Å². The average Bonchev–Trinajstić information content (AvgIpc) is 2.95. The summed E-state index contributed by atoms with van der Waals surface area (Å²) in [6.07, 6.45) is 0.751. The molecular weight excluding hydrogens is 252 g/mol. The van der Waals surface area contributed by atoms with Crippen molar-refractivity contribution in [3.63, 3.8) is 0 Å². The van der Waals surface area contributed by atoms with E-state index in [1.807, 2.05) is 6.92 Å². The molecule has 0 saturated carbocycles. The fraction of sp³-hybridized carbons (Fsp3) is 0.636. The monoisotopic (exact) mass is 268 g/mol. The molecular formula is C11H16N4O4. The summed E-state index contributed by atoms with van der Waals surface area (Å²) < 4.78 is 0. The van der Waals surface area contributed by atoms with Crippen LogP contribution in [0.2, 0.25) is 0 Å². The van der Waals surface area contributed by atoms with E-state index in [2.05, 4.69) is 15.2 Å². The molecule has 1 aromatic rings. The lowest BCUT2D eigenvalue weighted by molar-refractivity contribution is -0.141. The van der Waals surface area contributed by atoms with Crippen molar-refractivity contribution in [3.05, 3.63) is 11.6 Å². The molecule has 0 aromatic carbocycles. The van der Waals surface area contributed by atoms with Crippen molar-refractivity contribution in [1.29, 1.82) is 0 Å². The summed E-state index contributed by atoms with van der Waals surface area (Å²) in [7, 11) is 0. The quantitative estimate of drug-likeness (QED) is 0.672. The minimum absolute atomic E-state index is 0.00650. The fourth-order valence-electron chi connectivity index (χ4n) is 2.14. The number of nitrogens with one attached hydrogen (secondary N) is 1. The molecule has 0 unspecified atom stereocenters. The van der Waals surface area contributed by atoms with Gasteiger partial charge >= 0.3 is 5.97 Å².